The lowest BCUT2D eigenvalue weighted by Gasteiger charge is -2.47. The van der Waals surface area contributed by atoms with Crippen LogP contribution in [0, 0.1) is 17.3 Å². The number of unbranched alkanes of at least 4 members (excludes halogenated alkanes) is 3. The van der Waals surface area contributed by atoms with E-state index in [1.165, 1.54) is 12.8 Å². The van der Waals surface area contributed by atoms with Crippen molar-refractivity contribution in [3.05, 3.63) is 35.4 Å². The third-order valence-corrected chi connectivity index (χ3v) is 13.3. The molecule has 3 unspecified atom stereocenters. The molecule has 3 aliphatic rings. The van der Waals surface area contributed by atoms with Gasteiger partial charge in [-0.05, 0) is 148 Å². The van der Waals surface area contributed by atoms with Crippen molar-refractivity contribution in [1.82, 2.24) is 31.1 Å². The van der Waals surface area contributed by atoms with E-state index in [9.17, 15) is 28.8 Å². The van der Waals surface area contributed by atoms with Gasteiger partial charge in [-0.1, -0.05) is 25.5 Å². The van der Waals surface area contributed by atoms with Crippen LogP contribution in [0.4, 0.5) is 0 Å². The van der Waals surface area contributed by atoms with E-state index in [4.69, 9.17) is 19.8 Å². The highest BCUT2D eigenvalue weighted by atomic mass is 16.6. The van der Waals surface area contributed by atoms with Gasteiger partial charge in [0, 0.05) is 71.2 Å². The number of aliphatic imine (C=N–C) groups is 1. The van der Waals surface area contributed by atoms with Crippen LogP contribution in [0.3, 0.4) is 0 Å². The van der Waals surface area contributed by atoms with E-state index in [-0.39, 0.29) is 85.5 Å². The lowest BCUT2D eigenvalue weighted by molar-refractivity contribution is -0.155. The molecule has 1 aromatic rings. The monoisotopic (exact) mass is 951 g/mol. The molecule has 5 atom stereocenters. The number of hydrogen-bond donors (Lipinski definition) is 5. The van der Waals surface area contributed by atoms with Crippen LogP contribution in [0.1, 0.15) is 161 Å². The predicted octanol–water partition coefficient (Wildman–Crippen LogP) is 5.04. The number of hydrogen-bond acceptors (Lipinski definition) is 10. The van der Waals surface area contributed by atoms with Crippen molar-refractivity contribution in [3.8, 4) is 0 Å². The van der Waals surface area contributed by atoms with E-state index in [0.29, 0.717) is 87.4 Å². The number of carbonyl (C=O) groups is 6. The average Bonchev–Trinajstić information content (AvgIpc) is 3.54. The summed E-state index contributed by atoms with van der Waals surface area (Å²) in [6.45, 7) is 17.5. The lowest BCUT2D eigenvalue weighted by Crippen LogP contribution is -2.56. The van der Waals surface area contributed by atoms with Crippen molar-refractivity contribution in [2.24, 2.45) is 28.0 Å². The van der Waals surface area contributed by atoms with Gasteiger partial charge in [-0.15, -0.1) is 0 Å². The molecule has 0 aromatic heterocycles. The first-order valence-corrected chi connectivity index (χ1v) is 25.0. The van der Waals surface area contributed by atoms with Crippen molar-refractivity contribution in [2.75, 3.05) is 40.3 Å². The van der Waals surface area contributed by atoms with Crippen LogP contribution in [-0.2, 0) is 44.6 Å². The van der Waals surface area contributed by atoms with Gasteiger partial charge in [-0.3, -0.25) is 33.8 Å². The zero-order valence-corrected chi connectivity index (χ0v) is 42.8. The number of nitrogens with one attached hydrogen (secondary N) is 4. The second-order valence-corrected chi connectivity index (χ2v) is 21.2. The molecule has 1 aromatic carbocycles. The molecule has 4 rings (SSSR count). The molecule has 380 valence electrons. The van der Waals surface area contributed by atoms with E-state index in [2.05, 4.69) is 47.0 Å². The fourth-order valence-corrected chi connectivity index (χ4v) is 9.41. The average molecular weight is 951 g/mol. The Morgan fingerprint density at radius 1 is 0.912 bits per heavy atom. The Labute approximate surface area is 406 Å². The molecule has 18 heteroatoms. The number of esters is 1. The van der Waals surface area contributed by atoms with Crippen LogP contribution in [0.25, 0.3) is 0 Å². The van der Waals surface area contributed by atoms with Crippen LogP contribution >= 0.6 is 0 Å². The molecule has 1 aliphatic heterocycles. The van der Waals surface area contributed by atoms with Crippen LogP contribution in [0.15, 0.2) is 29.3 Å². The highest BCUT2D eigenvalue weighted by Gasteiger charge is 2.68. The van der Waals surface area contributed by atoms with Gasteiger partial charge in [-0.25, -0.2) is 0 Å². The van der Waals surface area contributed by atoms with Crippen LogP contribution < -0.4 is 27.0 Å². The standard InChI is InChI=1S/C50H83BN8O9/c1-34(2)67-51(68-49(6,7)39-30-37-31-50(37,39)8)40-19-17-29-59(40)43(62)33-56-45(64)36-25-23-35(24-26-36)32-55-41(60)20-14-15-27-53-46(65)38(18-16-28-54-47(52)58(9)10)57-42(61)21-12-11-13-22-44(63)66-48(3,4)5/h23-26,34,37-40H,11-22,27-33H2,1-10H3,(H2,52,54)(H,53,65)(H,55,60)(H,56,64)(H,57,61)/t37-,38-,39?,40?,50?/m0/s1. The highest BCUT2D eigenvalue weighted by Crippen LogP contribution is 2.73. The number of likely N-dealkylation sites (tertiary alicyclic amines) is 1. The number of nitrogens with two attached hydrogens (primary N) is 1. The largest absolute Gasteiger partial charge is 0.481 e. The molecule has 0 bridgehead atoms. The molecule has 2 saturated carbocycles. The fourth-order valence-electron chi connectivity index (χ4n) is 9.41. The summed E-state index contributed by atoms with van der Waals surface area (Å²) in [6.07, 6.45) is 8.60. The lowest BCUT2D eigenvalue weighted by atomic mass is 9.64. The predicted molar refractivity (Wildman–Crippen MR) is 264 cm³/mol. The summed E-state index contributed by atoms with van der Waals surface area (Å²) in [5.74, 6) is -0.0865. The molecule has 6 N–H and O–H groups in total. The zero-order chi connectivity index (χ0) is 50.2. The smallest absolute Gasteiger partial charge is 0.460 e. The van der Waals surface area contributed by atoms with Gasteiger partial charge < -0.3 is 50.8 Å². The maximum Gasteiger partial charge on any atom is 0.481 e. The van der Waals surface area contributed by atoms with Crippen LogP contribution in [0.2, 0.25) is 0 Å². The summed E-state index contributed by atoms with van der Waals surface area (Å²) in [5, 5.41) is 11.5. The number of carbonyl (C=O) groups excluding carboxylic acids is 6. The molecule has 0 spiro atoms. The fraction of sp³-hybridized carbons (Fsp3) is 0.740. The van der Waals surface area contributed by atoms with Gasteiger partial charge in [0.25, 0.3) is 5.91 Å². The van der Waals surface area contributed by atoms with Crippen molar-refractivity contribution >= 4 is 48.6 Å². The van der Waals surface area contributed by atoms with E-state index in [1.807, 2.05) is 34.6 Å². The quantitative estimate of drug-likeness (QED) is 0.0246. The minimum absolute atomic E-state index is 0.0746. The molecule has 5 amide bonds. The Kier molecular flexibility index (Phi) is 21.2. The van der Waals surface area contributed by atoms with Gasteiger partial charge in [0.1, 0.15) is 11.6 Å². The molecule has 0 radical (unpaired) electrons. The highest BCUT2D eigenvalue weighted by molar-refractivity contribution is 6.47. The molecular weight excluding hydrogens is 867 g/mol. The summed E-state index contributed by atoms with van der Waals surface area (Å²) in [6, 6.07) is 6.14. The van der Waals surface area contributed by atoms with Gasteiger partial charge >= 0.3 is 13.1 Å². The maximum atomic E-state index is 13.5. The van der Waals surface area contributed by atoms with Gasteiger partial charge in [-0.2, -0.15) is 0 Å². The molecule has 3 fully saturated rings. The van der Waals surface area contributed by atoms with Gasteiger partial charge in [0.05, 0.1) is 18.1 Å². The van der Waals surface area contributed by atoms with Crippen molar-refractivity contribution in [2.45, 2.75) is 181 Å². The zero-order valence-electron chi connectivity index (χ0n) is 42.8. The van der Waals surface area contributed by atoms with Crippen molar-refractivity contribution < 1.29 is 42.8 Å². The van der Waals surface area contributed by atoms with Crippen LogP contribution in [0.5, 0.6) is 0 Å². The molecule has 1 heterocycles. The third kappa shape index (κ3) is 18.0. The SMILES string of the molecule is CC(C)OB(OC(C)(C)C1C[C@H]2CC12C)C1CCCN1C(=O)CNC(=O)c1ccc(CNC(=O)CCCCNC(=O)[C@H](CCCN=C(N)N(C)C)NC(=O)CCCCCC(=O)OC(C)(C)C)cc1. The Balaban J connectivity index is 1.14. The number of amides is 5. The topological polar surface area (TPSA) is 223 Å². The molecule has 2 aliphatic carbocycles. The maximum absolute atomic E-state index is 13.5. The summed E-state index contributed by atoms with van der Waals surface area (Å²) in [5.41, 5.74) is 6.55. The Bertz CT molecular complexity index is 1890. The first-order chi connectivity index (χ1) is 32.0. The summed E-state index contributed by atoms with van der Waals surface area (Å²) in [4.78, 5) is 85.1. The van der Waals surface area contributed by atoms with E-state index < -0.39 is 18.8 Å². The van der Waals surface area contributed by atoms with E-state index in [1.54, 1.807) is 48.2 Å². The molecule has 1 saturated heterocycles. The first kappa shape index (κ1) is 55.9. The number of fused-ring (bicyclic) bond motifs is 1. The second kappa shape index (κ2) is 25.8. The first-order valence-electron chi connectivity index (χ1n) is 25.0. The number of ether oxygens (including phenoxy) is 1. The summed E-state index contributed by atoms with van der Waals surface area (Å²) >= 11 is 0. The Morgan fingerprint density at radius 2 is 1.59 bits per heavy atom. The Hall–Kier alpha value is -4.71. The molecular formula is C50H83BN8O9. The Morgan fingerprint density at radius 3 is 2.22 bits per heavy atom. The second-order valence-electron chi connectivity index (χ2n) is 21.2. The minimum atomic E-state index is -0.752. The number of benzene rings is 1. The van der Waals surface area contributed by atoms with Crippen molar-refractivity contribution in [3.63, 3.8) is 0 Å². The summed E-state index contributed by atoms with van der Waals surface area (Å²) in [7, 11) is 3.03. The third-order valence-electron chi connectivity index (χ3n) is 13.3. The molecule has 68 heavy (non-hydrogen) atoms. The van der Waals surface area contributed by atoms with Crippen LogP contribution in [-0.4, -0.2) is 128 Å². The summed E-state index contributed by atoms with van der Waals surface area (Å²) < 4.78 is 18.4. The molecule has 17 nitrogen and oxygen atoms in total. The number of guanidine groups is 1. The normalized spacial score (nSPS) is 20.4. The van der Waals surface area contributed by atoms with E-state index in [0.717, 1.165) is 24.3 Å². The van der Waals surface area contributed by atoms with Gasteiger partial charge in [0.15, 0.2) is 5.96 Å². The number of nitrogens with zero attached hydrogens (tertiary/aromatic N) is 3. The van der Waals surface area contributed by atoms with Gasteiger partial charge in [0.2, 0.25) is 23.6 Å². The van der Waals surface area contributed by atoms with Crippen molar-refractivity contribution in [1.29, 1.82) is 0 Å². The van der Waals surface area contributed by atoms with E-state index >= 15 is 0 Å². The minimum Gasteiger partial charge on any atom is -0.460 e. The number of rotatable bonds is 28.